The number of carbonyl (C=O) groups is 1. The fraction of sp³-hybridized carbons (Fsp3) is 0.273. The lowest BCUT2D eigenvalue weighted by Crippen LogP contribution is -2.27. The van der Waals surface area contributed by atoms with Crippen LogP contribution in [-0.4, -0.2) is 19.1 Å². The van der Waals surface area contributed by atoms with E-state index in [1.807, 2.05) is 57.2 Å². The van der Waals surface area contributed by atoms with Gasteiger partial charge >= 0.3 is 0 Å². The molecule has 0 aromatic heterocycles. The van der Waals surface area contributed by atoms with Crippen LogP contribution in [0, 0.1) is 11.3 Å². The number of nitrogens with one attached hydrogen (secondary N) is 1. The summed E-state index contributed by atoms with van der Waals surface area (Å²) in [4.78, 5) is 12.5. The van der Waals surface area contributed by atoms with Crippen molar-refractivity contribution >= 4 is 12.0 Å². The highest BCUT2D eigenvalue weighted by atomic mass is 16.5. The number of hydrogen-bond donors (Lipinski definition) is 1. The Kier molecular flexibility index (Phi) is 7.45. The Morgan fingerprint density at radius 1 is 1.15 bits per heavy atom. The predicted molar refractivity (Wildman–Crippen MR) is 105 cm³/mol. The van der Waals surface area contributed by atoms with Gasteiger partial charge < -0.3 is 14.8 Å². The van der Waals surface area contributed by atoms with Gasteiger partial charge in [0.1, 0.15) is 23.1 Å². The number of amides is 1. The summed E-state index contributed by atoms with van der Waals surface area (Å²) < 4.78 is 11.1. The van der Waals surface area contributed by atoms with E-state index in [1.54, 1.807) is 18.2 Å². The first-order chi connectivity index (χ1) is 13.1. The van der Waals surface area contributed by atoms with Crippen LogP contribution < -0.4 is 14.8 Å². The van der Waals surface area contributed by atoms with E-state index in [0.29, 0.717) is 30.3 Å². The molecular weight excluding hydrogens is 340 g/mol. The van der Waals surface area contributed by atoms with Gasteiger partial charge in [0, 0.05) is 11.6 Å². The summed E-state index contributed by atoms with van der Waals surface area (Å²) in [7, 11) is 0. The zero-order chi connectivity index (χ0) is 19.6. The number of ether oxygens (including phenoxy) is 2. The van der Waals surface area contributed by atoms with Crippen LogP contribution in [0.2, 0.25) is 0 Å². The summed E-state index contributed by atoms with van der Waals surface area (Å²) in [6, 6.07) is 16.7. The average molecular weight is 364 g/mol. The van der Waals surface area contributed by atoms with Gasteiger partial charge in [-0.25, -0.2) is 0 Å². The molecule has 2 aromatic rings. The monoisotopic (exact) mass is 364 g/mol. The lowest BCUT2D eigenvalue weighted by atomic mass is 10.1. The van der Waals surface area contributed by atoms with Crippen LogP contribution >= 0.6 is 0 Å². The molecule has 1 N–H and O–H groups in total. The fourth-order valence-corrected chi connectivity index (χ4v) is 2.57. The Bertz CT molecular complexity index is 838. The van der Waals surface area contributed by atoms with E-state index < -0.39 is 5.91 Å². The van der Waals surface area contributed by atoms with Crippen molar-refractivity contribution in [2.45, 2.75) is 26.8 Å². The fourth-order valence-electron chi connectivity index (χ4n) is 2.57. The zero-order valence-corrected chi connectivity index (χ0v) is 15.9. The lowest BCUT2D eigenvalue weighted by molar-refractivity contribution is -0.117. The molecule has 0 fully saturated rings. The van der Waals surface area contributed by atoms with Gasteiger partial charge in [-0.3, -0.25) is 4.79 Å². The molecule has 5 heteroatoms. The number of benzene rings is 2. The molecule has 0 aliphatic carbocycles. The highest BCUT2D eigenvalue weighted by molar-refractivity contribution is 6.02. The summed E-state index contributed by atoms with van der Waals surface area (Å²) in [6.07, 6.45) is 1.54. The van der Waals surface area contributed by atoms with Crippen LogP contribution in [0.1, 0.15) is 37.9 Å². The Hall–Kier alpha value is -3.26. The highest BCUT2D eigenvalue weighted by Gasteiger charge is 2.15. The normalized spacial score (nSPS) is 12.0. The molecule has 1 atom stereocenters. The predicted octanol–water partition coefficient (Wildman–Crippen LogP) is 4.27. The van der Waals surface area contributed by atoms with E-state index >= 15 is 0 Å². The van der Waals surface area contributed by atoms with Gasteiger partial charge in [0.2, 0.25) is 0 Å². The number of carbonyl (C=O) groups excluding carboxylic acids is 1. The Morgan fingerprint density at radius 2 is 1.85 bits per heavy atom. The average Bonchev–Trinajstić information content (AvgIpc) is 2.68. The highest BCUT2D eigenvalue weighted by Crippen LogP contribution is 2.27. The SMILES string of the molecule is CCOc1ccc(/C=C(\C#N)C(=O)N[C@H](C)c2ccccc2)c(OCC)c1. The smallest absolute Gasteiger partial charge is 0.262 e. The first-order valence-electron chi connectivity index (χ1n) is 8.96. The van der Waals surface area contributed by atoms with Gasteiger partial charge in [-0.1, -0.05) is 30.3 Å². The largest absolute Gasteiger partial charge is 0.494 e. The van der Waals surface area contributed by atoms with Crippen molar-refractivity contribution in [1.82, 2.24) is 5.32 Å². The third kappa shape index (κ3) is 5.61. The summed E-state index contributed by atoms with van der Waals surface area (Å²) in [5.74, 6) is 0.823. The molecule has 0 saturated carbocycles. The Morgan fingerprint density at radius 3 is 2.48 bits per heavy atom. The molecule has 0 spiro atoms. The van der Waals surface area contributed by atoms with Crippen molar-refractivity contribution in [1.29, 1.82) is 5.26 Å². The maximum Gasteiger partial charge on any atom is 0.262 e. The number of nitriles is 1. The standard InChI is InChI=1S/C22H24N2O3/c1-4-26-20-12-11-18(21(14-20)27-5-2)13-19(15-23)22(25)24-16(3)17-9-7-6-8-10-17/h6-14,16H,4-5H2,1-3H3,(H,24,25)/b19-13+/t16-/m1/s1. The molecule has 1 amide bonds. The second-order valence-electron chi connectivity index (χ2n) is 5.84. The molecule has 0 aliphatic heterocycles. The van der Waals surface area contributed by atoms with Crippen LogP contribution in [0.25, 0.3) is 6.08 Å². The third-order valence-electron chi connectivity index (χ3n) is 3.91. The van der Waals surface area contributed by atoms with Crippen LogP contribution in [0.4, 0.5) is 0 Å². The first-order valence-corrected chi connectivity index (χ1v) is 8.96. The van der Waals surface area contributed by atoms with Gasteiger partial charge in [0.05, 0.1) is 19.3 Å². The third-order valence-corrected chi connectivity index (χ3v) is 3.91. The summed E-state index contributed by atoms with van der Waals surface area (Å²) in [6.45, 7) is 6.67. The van der Waals surface area contributed by atoms with Gasteiger partial charge in [-0.2, -0.15) is 5.26 Å². The van der Waals surface area contributed by atoms with Gasteiger partial charge in [0.25, 0.3) is 5.91 Å². The minimum absolute atomic E-state index is 0.0166. The minimum Gasteiger partial charge on any atom is -0.494 e. The summed E-state index contributed by atoms with van der Waals surface area (Å²) in [5.41, 5.74) is 1.64. The lowest BCUT2D eigenvalue weighted by Gasteiger charge is -2.14. The van der Waals surface area contributed by atoms with Gasteiger partial charge in [-0.15, -0.1) is 0 Å². The van der Waals surface area contributed by atoms with Crippen molar-refractivity contribution in [2.24, 2.45) is 0 Å². The number of hydrogen-bond acceptors (Lipinski definition) is 4. The molecule has 0 radical (unpaired) electrons. The summed E-state index contributed by atoms with van der Waals surface area (Å²) >= 11 is 0. The molecule has 5 nitrogen and oxygen atoms in total. The molecule has 2 rings (SSSR count). The van der Waals surface area contributed by atoms with E-state index in [2.05, 4.69) is 5.32 Å². The van der Waals surface area contributed by atoms with Crippen molar-refractivity contribution in [2.75, 3.05) is 13.2 Å². The van der Waals surface area contributed by atoms with Crippen molar-refractivity contribution in [3.63, 3.8) is 0 Å². The number of nitrogens with zero attached hydrogens (tertiary/aromatic N) is 1. The van der Waals surface area contributed by atoms with Gasteiger partial charge in [0.15, 0.2) is 0 Å². The molecular formula is C22H24N2O3. The van der Waals surface area contributed by atoms with E-state index in [-0.39, 0.29) is 11.6 Å². The van der Waals surface area contributed by atoms with Crippen LogP contribution in [-0.2, 0) is 4.79 Å². The topological polar surface area (TPSA) is 71.3 Å². The van der Waals surface area contributed by atoms with Crippen LogP contribution in [0.5, 0.6) is 11.5 Å². The van der Waals surface area contributed by atoms with Crippen molar-refractivity contribution in [3.05, 3.63) is 65.2 Å². The quantitative estimate of drug-likeness (QED) is 0.561. The molecule has 0 unspecified atom stereocenters. The molecule has 0 bridgehead atoms. The molecule has 0 heterocycles. The second kappa shape index (κ2) is 10.0. The minimum atomic E-state index is -0.426. The van der Waals surface area contributed by atoms with E-state index in [4.69, 9.17) is 9.47 Å². The molecule has 0 aliphatic rings. The maximum atomic E-state index is 12.5. The van der Waals surface area contributed by atoms with Crippen LogP contribution in [0.15, 0.2) is 54.1 Å². The molecule has 27 heavy (non-hydrogen) atoms. The van der Waals surface area contributed by atoms with E-state index in [1.165, 1.54) is 6.08 Å². The first kappa shape index (κ1) is 20.1. The van der Waals surface area contributed by atoms with Gasteiger partial charge in [-0.05, 0) is 44.5 Å². The number of rotatable bonds is 8. The van der Waals surface area contributed by atoms with Crippen molar-refractivity contribution in [3.8, 4) is 17.6 Å². The molecule has 140 valence electrons. The van der Waals surface area contributed by atoms with Crippen molar-refractivity contribution < 1.29 is 14.3 Å². The Labute approximate surface area is 160 Å². The Balaban J connectivity index is 2.24. The summed E-state index contributed by atoms with van der Waals surface area (Å²) in [5, 5.41) is 12.3. The zero-order valence-electron chi connectivity index (χ0n) is 15.9. The maximum absolute atomic E-state index is 12.5. The van der Waals surface area contributed by atoms with Crippen LogP contribution in [0.3, 0.4) is 0 Å². The molecule has 2 aromatic carbocycles. The van der Waals surface area contributed by atoms with E-state index in [9.17, 15) is 10.1 Å². The second-order valence-corrected chi connectivity index (χ2v) is 5.84. The molecule has 0 saturated heterocycles. The van der Waals surface area contributed by atoms with E-state index in [0.717, 1.165) is 5.56 Å².